The molecule has 1 saturated heterocycles. The van der Waals surface area contributed by atoms with Crippen LogP contribution < -0.4 is 15.5 Å². The van der Waals surface area contributed by atoms with Gasteiger partial charge in [0.2, 0.25) is 0 Å². The van der Waals surface area contributed by atoms with E-state index in [-0.39, 0.29) is 35.0 Å². The molecule has 0 radical (unpaired) electrons. The zero-order valence-electron chi connectivity index (χ0n) is 15.0. The van der Waals surface area contributed by atoms with Crippen LogP contribution in [-0.4, -0.2) is 37.1 Å². The van der Waals surface area contributed by atoms with Crippen LogP contribution in [0.5, 0.6) is 0 Å². The number of aromatic nitrogens is 1. The van der Waals surface area contributed by atoms with Crippen molar-refractivity contribution in [3.63, 3.8) is 0 Å². The third-order valence-corrected chi connectivity index (χ3v) is 5.25. The molecule has 2 aromatic heterocycles. The van der Waals surface area contributed by atoms with E-state index in [0.717, 1.165) is 18.7 Å². The largest absolute Gasteiger partial charge is 0.417 e. The molecule has 0 spiro atoms. The maximum atomic E-state index is 12.8. The number of pyridine rings is 1. The predicted octanol–water partition coefficient (Wildman–Crippen LogP) is 4.38. The summed E-state index contributed by atoms with van der Waals surface area (Å²) < 4.78 is 38.3. The lowest BCUT2D eigenvalue weighted by Gasteiger charge is -2.21. The summed E-state index contributed by atoms with van der Waals surface area (Å²) in [6.07, 6.45) is -2.83. The van der Waals surface area contributed by atoms with E-state index in [9.17, 15) is 13.2 Å². The minimum atomic E-state index is -4.45. The highest BCUT2D eigenvalue weighted by atomic mass is 127. The van der Waals surface area contributed by atoms with Crippen molar-refractivity contribution in [2.45, 2.75) is 25.2 Å². The van der Waals surface area contributed by atoms with E-state index in [1.807, 2.05) is 16.3 Å². The van der Waals surface area contributed by atoms with Gasteiger partial charge in [0.25, 0.3) is 0 Å². The van der Waals surface area contributed by atoms with Crippen LogP contribution in [0, 0.1) is 0 Å². The first-order valence-electron chi connectivity index (χ1n) is 8.33. The van der Waals surface area contributed by atoms with Gasteiger partial charge in [-0.2, -0.15) is 24.5 Å². The molecule has 1 aliphatic heterocycles. The number of alkyl halides is 3. The number of rotatable bonds is 4. The number of nitrogens with zero attached hydrogens (tertiary/aromatic N) is 3. The first-order chi connectivity index (χ1) is 12.9. The Balaban J connectivity index is 0.00000280. The summed E-state index contributed by atoms with van der Waals surface area (Å²) in [5, 5.41) is 10.7. The van der Waals surface area contributed by atoms with E-state index < -0.39 is 11.7 Å². The second kappa shape index (κ2) is 9.97. The van der Waals surface area contributed by atoms with Gasteiger partial charge in [0.05, 0.1) is 10.6 Å². The van der Waals surface area contributed by atoms with Gasteiger partial charge in [0, 0.05) is 38.9 Å². The van der Waals surface area contributed by atoms with Crippen molar-refractivity contribution < 1.29 is 13.2 Å². The molecule has 154 valence electrons. The Morgan fingerprint density at radius 2 is 2.25 bits per heavy atom. The molecule has 1 atom stereocenters. The van der Waals surface area contributed by atoms with Gasteiger partial charge in [-0.05, 0) is 34.9 Å². The lowest BCUT2D eigenvalue weighted by atomic mass is 10.2. The average molecular weight is 546 g/mol. The molecule has 1 aliphatic rings. The first-order valence-corrected chi connectivity index (χ1v) is 9.65. The fourth-order valence-electron chi connectivity index (χ4n) is 2.86. The topological polar surface area (TPSA) is 52.6 Å². The van der Waals surface area contributed by atoms with Gasteiger partial charge >= 0.3 is 6.18 Å². The van der Waals surface area contributed by atoms with Crippen LogP contribution in [-0.2, 0) is 12.7 Å². The minimum Gasteiger partial charge on any atom is -0.353 e. The summed E-state index contributed by atoms with van der Waals surface area (Å²) in [5.74, 6) is 1.05. The molecule has 0 aromatic carbocycles. The highest BCUT2D eigenvalue weighted by Gasteiger charge is 2.33. The van der Waals surface area contributed by atoms with E-state index in [1.165, 1.54) is 5.56 Å². The highest BCUT2D eigenvalue weighted by Crippen LogP contribution is 2.34. The third-order valence-electron chi connectivity index (χ3n) is 4.24. The molecule has 0 aliphatic carbocycles. The van der Waals surface area contributed by atoms with E-state index in [2.05, 4.69) is 26.0 Å². The first kappa shape index (κ1) is 23.0. The summed E-state index contributed by atoms with van der Waals surface area (Å²) >= 11 is 7.68. The Bertz CT molecular complexity index is 801. The summed E-state index contributed by atoms with van der Waals surface area (Å²) in [6.45, 7) is 1.90. The van der Waals surface area contributed by atoms with Crippen LogP contribution in [0.1, 0.15) is 17.5 Å². The number of hydrogen-bond donors (Lipinski definition) is 2. The number of hydrogen-bond acceptors (Lipinski definition) is 4. The molecule has 3 heterocycles. The summed E-state index contributed by atoms with van der Waals surface area (Å²) in [6, 6.07) is 3.06. The molecule has 5 nitrogen and oxygen atoms in total. The Labute approximate surface area is 187 Å². The normalized spacial score (nSPS) is 17.4. The van der Waals surface area contributed by atoms with Crippen LogP contribution >= 0.6 is 46.9 Å². The molecule has 0 amide bonds. The highest BCUT2D eigenvalue weighted by molar-refractivity contribution is 14.0. The number of thiophene rings is 1. The van der Waals surface area contributed by atoms with Gasteiger partial charge in [0.15, 0.2) is 5.96 Å². The monoisotopic (exact) mass is 545 g/mol. The van der Waals surface area contributed by atoms with E-state index >= 15 is 0 Å². The van der Waals surface area contributed by atoms with Crippen LogP contribution in [0.3, 0.4) is 0 Å². The van der Waals surface area contributed by atoms with Crippen LogP contribution in [0.2, 0.25) is 5.02 Å². The summed E-state index contributed by atoms with van der Waals surface area (Å²) in [7, 11) is 1.70. The lowest BCUT2D eigenvalue weighted by molar-refractivity contribution is -0.137. The Kier molecular flexibility index (Phi) is 8.19. The van der Waals surface area contributed by atoms with E-state index in [0.29, 0.717) is 31.4 Å². The van der Waals surface area contributed by atoms with E-state index in [1.54, 1.807) is 18.4 Å². The molecule has 1 unspecified atom stereocenters. The molecule has 2 N–H and O–H groups in total. The Morgan fingerprint density at radius 3 is 2.86 bits per heavy atom. The third kappa shape index (κ3) is 5.86. The molecular weight excluding hydrogens is 526 g/mol. The van der Waals surface area contributed by atoms with E-state index in [4.69, 9.17) is 11.6 Å². The number of guanidine groups is 1. The molecule has 2 aromatic rings. The SMILES string of the molecule is CN=C(NCc1ccsc1)NC1CCN(c2ncc(C(F)(F)F)cc2Cl)C1.I. The summed E-state index contributed by atoms with van der Waals surface area (Å²) in [5.41, 5.74) is 0.333. The van der Waals surface area contributed by atoms with Crippen molar-refractivity contribution >= 4 is 58.7 Å². The molecule has 28 heavy (non-hydrogen) atoms. The maximum absolute atomic E-state index is 12.8. The van der Waals surface area contributed by atoms with Crippen molar-refractivity contribution in [1.29, 1.82) is 0 Å². The summed E-state index contributed by atoms with van der Waals surface area (Å²) in [4.78, 5) is 10.0. The van der Waals surface area contributed by atoms with Crippen molar-refractivity contribution in [2.24, 2.45) is 4.99 Å². The molecule has 3 rings (SSSR count). The van der Waals surface area contributed by atoms with Crippen LogP contribution in [0.25, 0.3) is 0 Å². The number of nitrogens with one attached hydrogen (secondary N) is 2. The molecule has 0 bridgehead atoms. The lowest BCUT2D eigenvalue weighted by Crippen LogP contribution is -2.44. The van der Waals surface area contributed by atoms with Gasteiger partial charge in [-0.1, -0.05) is 11.6 Å². The minimum absolute atomic E-state index is 0. The number of halogens is 5. The van der Waals surface area contributed by atoms with Crippen molar-refractivity contribution in [3.05, 3.63) is 45.2 Å². The molecule has 11 heteroatoms. The predicted molar refractivity (Wildman–Crippen MR) is 118 cm³/mol. The molecule has 1 fully saturated rings. The van der Waals surface area contributed by atoms with Gasteiger partial charge < -0.3 is 15.5 Å². The van der Waals surface area contributed by atoms with Crippen molar-refractivity contribution in [2.75, 3.05) is 25.0 Å². The molecular formula is C17H20ClF3IN5S. The fourth-order valence-corrected chi connectivity index (χ4v) is 3.81. The quantitative estimate of drug-likeness (QED) is 0.340. The zero-order valence-corrected chi connectivity index (χ0v) is 18.9. The van der Waals surface area contributed by atoms with Crippen molar-refractivity contribution in [1.82, 2.24) is 15.6 Å². The Hall–Kier alpha value is -1.27. The second-order valence-corrected chi connectivity index (χ2v) is 7.35. The van der Waals surface area contributed by atoms with Gasteiger partial charge in [-0.3, -0.25) is 4.99 Å². The standard InChI is InChI=1S/C17H19ClF3N5S.HI/c1-22-16(24-7-11-3-5-27-10-11)25-13-2-4-26(9-13)15-14(18)6-12(8-23-15)17(19,20)21;/h3,5-6,8,10,13H,2,4,7,9H2,1H3,(H2,22,24,25);1H. The van der Waals surface area contributed by atoms with Gasteiger partial charge in [-0.25, -0.2) is 4.98 Å². The maximum Gasteiger partial charge on any atom is 0.417 e. The number of anilines is 1. The average Bonchev–Trinajstić information content (AvgIpc) is 3.29. The van der Waals surface area contributed by atoms with Crippen LogP contribution in [0.4, 0.5) is 19.0 Å². The fraction of sp³-hybridized carbons (Fsp3) is 0.412. The van der Waals surface area contributed by atoms with Crippen molar-refractivity contribution in [3.8, 4) is 0 Å². The Morgan fingerprint density at radius 1 is 1.46 bits per heavy atom. The van der Waals surface area contributed by atoms with Gasteiger partial charge in [0.1, 0.15) is 5.82 Å². The van der Waals surface area contributed by atoms with Gasteiger partial charge in [-0.15, -0.1) is 24.0 Å². The zero-order chi connectivity index (χ0) is 19.4. The smallest absolute Gasteiger partial charge is 0.353 e. The molecule has 0 saturated carbocycles. The number of aliphatic imine (C=N–C) groups is 1. The van der Waals surface area contributed by atoms with Crippen LogP contribution in [0.15, 0.2) is 34.1 Å². The second-order valence-electron chi connectivity index (χ2n) is 6.16.